The van der Waals surface area contributed by atoms with E-state index in [0.717, 1.165) is 94.3 Å². The zero-order valence-corrected chi connectivity index (χ0v) is 45.3. The molecule has 0 saturated heterocycles. The van der Waals surface area contributed by atoms with Crippen molar-refractivity contribution in [2.24, 2.45) is 5.92 Å². The summed E-state index contributed by atoms with van der Waals surface area (Å²) in [5.74, 6) is 1.49. The van der Waals surface area contributed by atoms with Gasteiger partial charge >= 0.3 is 0 Å². The number of nitrogens with zero attached hydrogens (tertiary/aromatic N) is 4. The lowest BCUT2D eigenvalue weighted by molar-refractivity contribution is 0.479. The minimum absolute atomic E-state index is 0.134. The van der Waals surface area contributed by atoms with Crippen molar-refractivity contribution in [3.63, 3.8) is 0 Å². The Morgan fingerprint density at radius 1 is 0.592 bits per heavy atom. The van der Waals surface area contributed by atoms with Crippen LogP contribution in [-0.2, 0) is 22.6 Å². The van der Waals surface area contributed by atoms with Crippen LogP contribution in [0.2, 0.25) is 0 Å². The van der Waals surface area contributed by atoms with Gasteiger partial charge in [0.1, 0.15) is 35.2 Å². The summed E-state index contributed by atoms with van der Waals surface area (Å²) in [5, 5.41) is 3.86. The van der Waals surface area contributed by atoms with Gasteiger partial charge in [-0.15, -0.1) is 0 Å². The molecule has 0 amide bonds. The number of pyridine rings is 1. The highest BCUT2D eigenvalue weighted by molar-refractivity contribution is 6.24. The molecule has 0 bridgehead atoms. The number of furan rings is 1. The summed E-state index contributed by atoms with van der Waals surface area (Å²) >= 11 is 0. The number of rotatable bonds is 9. The van der Waals surface area contributed by atoms with Crippen molar-refractivity contribution in [2.45, 2.75) is 98.8 Å². The minimum Gasteiger partial charge on any atom is -0.457 e. The average Bonchev–Trinajstić information content (AvgIpc) is 4.34. The van der Waals surface area contributed by atoms with Gasteiger partial charge in [0.15, 0.2) is 0 Å². The Morgan fingerprint density at radius 2 is 1.25 bits per heavy atom. The van der Waals surface area contributed by atoms with Crippen LogP contribution in [-0.4, -0.2) is 16.2 Å². The molecule has 380 valence electrons. The molecule has 11 aromatic rings. The molecule has 0 N–H and O–H groups in total. The highest BCUT2D eigenvalue weighted by Gasteiger charge is 2.33. The van der Waals surface area contributed by atoms with Crippen LogP contribution in [0.3, 0.4) is 0 Å². The van der Waals surface area contributed by atoms with Gasteiger partial charge in [0, 0.05) is 54.0 Å². The second-order valence-electron chi connectivity index (χ2n) is 23.7. The van der Waals surface area contributed by atoms with Crippen molar-refractivity contribution >= 4 is 66.5 Å². The van der Waals surface area contributed by atoms with Crippen molar-refractivity contribution in [1.82, 2.24) is 9.55 Å². The molecule has 0 unspecified atom stereocenters. The molecule has 0 saturated carbocycles. The Morgan fingerprint density at radius 3 is 1.96 bits per heavy atom. The summed E-state index contributed by atoms with van der Waals surface area (Å²) < 4.78 is 79.0. The number of hydrogen-bond acceptors (Lipinski definition) is 5. The van der Waals surface area contributed by atoms with E-state index >= 15 is 0 Å². The van der Waals surface area contributed by atoms with E-state index in [9.17, 15) is 2.74 Å². The Bertz CT molecular complexity index is 4380. The Kier molecular flexibility index (Phi) is 9.94. The first-order valence-electron chi connectivity index (χ1n) is 29.9. The molecule has 12 rings (SSSR count). The lowest BCUT2D eigenvalue weighted by Gasteiger charge is -2.30. The smallest absolute Gasteiger partial charge is 0.145 e. The minimum atomic E-state index is -1.61. The number of aromatic nitrogens is 2. The van der Waals surface area contributed by atoms with Crippen molar-refractivity contribution in [2.75, 3.05) is 16.5 Å². The highest BCUT2D eigenvalue weighted by atomic mass is 16.5. The third-order valence-electron chi connectivity index (χ3n) is 14.8. The quantitative estimate of drug-likeness (QED) is 0.144. The van der Waals surface area contributed by atoms with E-state index in [1.54, 1.807) is 12.3 Å². The summed E-state index contributed by atoms with van der Waals surface area (Å²) in [6.45, 7) is 23.9. The zero-order valence-electron chi connectivity index (χ0n) is 52.3. The summed E-state index contributed by atoms with van der Waals surface area (Å²) in [6, 6.07) is 47.5. The van der Waals surface area contributed by atoms with Crippen molar-refractivity contribution in [3.8, 4) is 39.6 Å². The Hall–Kier alpha value is -8.09. The van der Waals surface area contributed by atoms with Gasteiger partial charge in [-0.05, 0) is 129 Å². The predicted molar refractivity (Wildman–Crippen MR) is 320 cm³/mol. The van der Waals surface area contributed by atoms with Crippen LogP contribution in [0, 0.1) is 5.92 Å². The predicted octanol–water partition coefficient (Wildman–Crippen LogP) is 19.5. The monoisotopic (exact) mass is 1000 g/mol. The van der Waals surface area contributed by atoms with E-state index in [1.165, 1.54) is 0 Å². The van der Waals surface area contributed by atoms with Gasteiger partial charge in [-0.1, -0.05) is 173 Å². The second kappa shape index (κ2) is 18.3. The summed E-state index contributed by atoms with van der Waals surface area (Å²) in [7, 11) is 0. The maximum atomic E-state index is 9.35. The molecule has 1 aliphatic heterocycles. The average molecular weight is 1000 g/mol. The van der Waals surface area contributed by atoms with Gasteiger partial charge < -0.3 is 19.0 Å². The molecule has 6 heteroatoms. The van der Waals surface area contributed by atoms with E-state index in [2.05, 4.69) is 156 Å². The third-order valence-corrected chi connectivity index (χ3v) is 14.8. The van der Waals surface area contributed by atoms with Crippen LogP contribution in [0.5, 0.6) is 11.5 Å². The lowest BCUT2D eigenvalue weighted by Crippen LogP contribution is -2.25. The van der Waals surface area contributed by atoms with Crippen LogP contribution in [0.4, 0.5) is 22.7 Å². The van der Waals surface area contributed by atoms with Gasteiger partial charge in [0.2, 0.25) is 0 Å². The zero-order chi connectivity index (χ0) is 59.0. The fourth-order valence-electron chi connectivity index (χ4n) is 10.8. The molecule has 0 spiro atoms. The first-order chi connectivity index (χ1) is 39.2. The molecule has 8 aromatic carbocycles. The summed E-state index contributed by atoms with van der Waals surface area (Å²) in [5.41, 5.74) is 12.3. The first-order valence-corrected chi connectivity index (χ1v) is 26.4. The van der Waals surface area contributed by atoms with E-state index in [0.29, 0.717) is 35.1 Å². The Balaban J connectivity index is 1.03. The number of fused-ring (bicyclic) bond motifs is 8. The van der Waals surface area contributed by atoms with Crippen molar-refractivity contribution in [3.05, 3.63) is 204 Å². The normalized spacial score (nSPS) is 14.8. The Labute approximate surface area is 458 Å². The van der Waals surface area contributed by atoms with E-state index in [4.69, 9.17) is 21.0 Å². The molecular weight excluding hydrogens is 929 g/mol. The SMILES string of the molecule is [2H]c1c([2H])c([2H])c(-c2cccc(-c3cc(C(C)(C)C)cc(C(C)(C)C)c3)c2N2CN(c3cc(Oc4ccc5c6c7oc8ccccc8c7ccc6n(-c6cc(C([2H])([2H])C(C)C)ccn6)c5c4)cc(C(C)(C)C)c3)c3ccccc32)c([2H])c1[2H]. The molecule has 0 atom stereocenters. The van der Waals surface area contributed by atoms with Gasteiger partial charge in [-0.3, -0.25) is 4.57 Å². The maximum absolute atomic E-state index is 9.35. The van der Waals surface area contributed by atoms with Crippen LogP contribution >= 0.6 is 0 Å². The van der Waals surface area contributed by atoms with E-state index in [1.807, 2.05) is 74.5 Å². The number of hydrogen-bond donors (Lipinski definition) is 0. The molecule has 1 aliphatic rings. The fourth-order valence-corrected chi connectivity index (χ4v) is 10.8. The number of para-hydroxylation sites is 4. The molecule has 0 aliphatic carbocycles. The first kappa shape index (κ1) is 41.2. The fraction of sp³-hybridized carbons (Fsp3) is 0.243. The van der Waals surface area contributed by atoms with Gasteiger partial charge in [0.25, 0.3) is 0 Å². The molecule has 4 heterocycles. The summed E-state index contributed by atoms with van der Waals surface area (Å²) in [6.07, 6.45) is 0.0752. The topological polar surface area (TPSA) is 46.7 Å². The highest BCUT2D eigenvalue weighted by Crippen LogP contribution is 2.52. The summed E-state index contributed by atoms with van der Waals surface area (Å²) in [4.78, 5) is 9.39. The second-order valence-corrected chi connectivity index (χ2v) is 23.7. The molecule has 0 fully saturated rings. The lowest BCUT2D eigenvalue weighted by atomic mass is 9.78. The molecule has 0 radical (unpaired) electrons. The maximum Gasteiger partial charge on any atom is 0.145 e. The molecule has 76 heavy (non-hydrogen) atoms. The van der Waals surface area contributed by atoms with E-state index < -0.39 is 24.5 Å². The van der Waals surface area contributed by atoms with Gasteiger partial charge in [-0.2, -0.15) is 0 Å². The number of anilines is 4. The number of benzene rings is 8. The van der Waals surface area contributed by atoms with Gasteiger partial charge in [0.05, 0.1) is 40.3 Å². The van der Waals surface area contributed by atoms with Crippen molar-refractivity contribution in [1.29, 1.82) is 0 Å². The van der Waals surface area contributed by atoms with Crippen LogP contribution < -0.4 is 14.5 Å². The standard InChI is InChI=1S/C70H68N4O2/c1-44(2)34-45-32-33-71-64(35-45)74-61-31-30-57-56-22-15-18-27-63(56)76-67(57)65(61)58-29-28-52(42-62(58)74)75-53-40-50(70(9,10)11)39-51(41-53)72-43-73(60-26-17-16-25-59(60)72)66-54(46-20-13-12-14-21-46)23-19-24-55(66)47-36-48(68(3,4)5)38-49(37-47)69(6,7)8/h12-33,35-42,44H,34,43H2,1-11H3/i12D,13D,14D,20D,21D,34D2. The van der Waals surface area contributed by atoms with Crippen LogP contribution in [0.25, 0.3) is 71.8 Å². The van der Waals surface area contributed by atoms with Crippen molar-refractivity contribution < 1.29 is 18.7 Å². The van der Waals surface area contributed by atoms with E-state index in [-0.39, 0.29) is 39.8 Å². The van der Waals surface area contributed by atoms with Crippen LogP contribution in [0.15, 0.2) is 186 Å². The largest absolute Gasteiger partial charge is 0.457 e. The molecule has 6 nitrogen and oxygen atoms in total. The third kappa shape index (κ3) is 8.77. The molecule has 3 aromatic heterocycles. The van der Waals surface area contributed by atoms with Crippen LogP contribution in [0.1, 0.15) is 108 Å². The molecular formula is C70H68N4O2. The van der Waals surface area contributed by atoms with Gasteiger partial charge in [-0.25, -0.2) is 4.98 Å². The number of ether oxygens (including phenoxy) is 1.